The lowest BCUT2D eigenvalue weighted by atomic mass is 9.81. The van der Waals surface area contributed by atoms with Crippen molar-refractivity contribution in [1.82, 2.24) is 5.32 Å². The van der Waals surface area contributed by atoms with E-state index in [2.05, 4.69) is 33.0 Å². The van der Waals surface area contributed by atoms with E-state index < -0.39 is 0 Å². The molecular weight excluding hydrogens is 237 g/mol. The third-order valence-electron chi connectivity index (χ3n) is 3.49. The fourth-order valence-corrected chi connectivity index (χ4v) is 1.60. The third-order valence-corrected chi connectivity index (χ3v) is 3.91. The van der Waals surface area contributed by atoms with Crippen molar-refractivity contribution in [1.29, 1.82) is 0 Å². The minimum Gasteiger partial charge on any atom is -0.312 e. The lowest BCUT2D eigenvalue weighted by Gasteiger charge is -2.29. The fourth-order valence-electron chi connectivity index (χ4n) is 1.41. The van der Waals surface area contributed by atoms with Crippen LogP contribution in [0.15, 0.2) is 18.2 Å². The number of halogens is 2. The quantitative estimate of drug-likeness (QED) is 0.832. The molecule has 0 saturated heterocycles. The molecule has 0 bridgehead atoms. The van der Waals surface area contributed by atoms with Crippen LogP contribution in [0.5, 0.6) is 0 Å². The first-order valence-corrected chi connectivity index (χ1v) is 6.36. The molecule has 0 amide bonds. The van der Waals surface area contributed by atoms with Crippen molar-refractivity contribution in [3.63, 3.8) is 0 Å². The van der Waals surface area contributed by atoms with Crippen LogP contribution in [0.4, 0.5) is 4.39 Å². The molecule has 0 atom stereocenters. The largest absolute Gasteiger partial charge is 0.312 e. The summed E-state index contributed by atoms with van der Waals surface area (Å²) in [5, 5.41) is 3.56. The highest BCUT2D eigenvalue weighted by Gasteiger charge is 2.21. The second-order valence-electron chi connectivity index (χ2n) is 5.46. The van der Waals surface area contributed by atoms with E-state index in [0.717, 1.165) is 12.1 Å². The minimum atomic E-state index is -0.353. The summed E-state index contributed by atoms with van der Waals surface area (Å²) in [4.78, 5) is 0. The molecule has 17 heavy (non-hydrogen) atoms. The zero-order valence-corrected chi connectivity index (χ0v) is 11.7. The summed E-state index contributed by atoms with van der Waals surface area (Å²) in [5.74, 6) is 0.243. The summed E-state index contributed by atoms with van der Waals surface area (Å²) in [5.41, 5.74) is 1.03. The molecule has 0 unspecified atom stereocenters. The smallest absolute Gasteiger partial charge is 0.142 e. The third kappa shape index (κ3) is 3.97. The van der Waals surface area contributed by atoms with Crippen LogP contribution in [0.1, 0.15) is 33.3 Å². The number of hydrogen-bond donors (Lipinski definition) is 1. The predicted octanol–water partition coefficient (Wildman–Crippen LogP) is 4.25. The van der Waals surface area contributed by atoms with Crippen LogP contribution in [0, 0.1) is 17.2 Å². The Balaban J connectivity index is 2.55. The van der Waals surface area contributed by atoms with Crippen LogP contribution in [-0.4, -0.2) is 6.54 Å². The van der Waals surface area contributed by atoms with Crippen LogP contribution >= 0.6 is 11.6 Å². The van der Waals surface area contributed by atoms with Crippen LogP contribution in [0.2, 0.25) is 5.02 Å². The van der Waals surface area contributed by atoms with Crippen molar-refractivity contribution < 1.29 is 4.39 Å². The number of nitrogens with one attached hydrogen (secondary N) is 1. The molecule has 1 N–H and O–H groups in total. The molecule has 1 aromatic carbocycles. The van der Waals surface area contributed by atoms with Crippen LogP contribution < -0.4 is 5.32 Å². The highest BCUT2D eigenvalue weighted by molar-refractivity contribution is 6.31. The molecule has 96 valence electrons. The predicted molar refractivity (Wildman–Crippen MR) is 71.7 cm³/mol. The Hall–Kier alpha value is -0.600. The van der Waals surface area contributed by atoms with E-state index in [1.165, 1.54) is 6.07 Å². The van der Waals surface area contributed by atoms with E-state index in [9.17, 15) is 4.39 Å². The fraction of sp³-hybridized carbons (Fsp3) is 0.571. The Morgan fingerprint density at radius 3 is 2.59 bits per heavy atom. The van der Waals surface area contributed by atoms with Gasteiger partial charge in [0.25, 0.3) is 0 Å². The minimum absolute atomic E-state index is 0.222. The lowest BCUT2D eigenvalue weighted by molar-refractivity contribution is 0.238. The highest BCUT2D eigenvalue weighted by atomic mass is 35.5. The first-order valence-electron chi connectivity index (χ1n) is 5.98. The van der Waals surface area contributed by atoms with Gasteiger partial charge in [-0.15, -0.1) is 0 Å². The molecule has 0 fully saturated rings. The van der Waals surface area contributed by atoms with Gasteiger partial charge in [0.05, 0.1) is 5.02 Å². The summed E-state index contributed by atoms with van der Waals surface area (Å²) in [7, 11) is 0. The van der Waals surface area contributed by atoms with E-state index in [1.807, 2.05) is 6.07 Å². The van der Waals surface area contributed by atoms with Gasteiger partial charge in [-0.2, -0.15) is 0 Å². The number of rotatable bonds is 5. The second kappa shape index (κ2) is 5.83. The van der Waals surface area contributed by atoms with Crippen molar-refractivity contribution in [2.24, 2.45) is 11.3 Å². The van der Waals surface area contributed by atoms with Gasteiger partial charge in [-0.25, -0.2) is 4.39 Å². The standard InChI is InChI=1S/C14H21ClFN/c1-10(2)14(3,4)9-17-8-11-6-5-7-12(16)13(11)15/h5-7,10,17H,8-9H2,1-4H3. The SMILES string of the molecule is CC(C)C(C)(C)CNCc1cccc(F)c1Cl. The van der Waals surface area contributed by atoms with E-state index in [4.69, 9.17) is 11.6 Å². The number of benzene rings is 1. The Labute approximate surface area is 108 Å². The molecule has 0 heterocycles. The van der Waals surface area contributed by atoms with E-state index >= 15 is 0 Å². The zero-order chi connectivity index (χ0) is 13.1. The molecule has 0 radical (unpaired) electrons. The second-order valence-corrected chi connectivity index (χ2v) is 5.84. The first kappa shape index (κ1) is 14.5. The molecule has 0 saturated carbocycles. The van der Waals surface area contributed by atoms with Crippen LogP contribution in [0.3, 0.4) is 0 Å². The van der Waals surface area contributed by atoms with Gasteiger partial charge in [0, 0.05) is 13.1 Å². The van der Waals surface area contributed by atoms with Gasteiger partial charge in [-0.1, -0.05) is 51.4 Å². The highest BCUT2D eigenvalue weighted by Crippen LogP contribution is 2.25. The maximum atomic E-state index is 13.2. The molecule has 1 rings (SSSR count). The maximum absolute atomic E-state index is 13.2. The molecule has 0 aliphatic heterocycles. The van der Waals surface area contributed by atoms with Gasteiger partial charge in [0.2, 0.25) is 0 Å². The average molecular weight is 258 g/mol. The van der Waals surface area contributed by atoms with Gasteiger partial charge in [-0.05, 0) is 23.0 Å². The average Bonchev–Trinajstić information content (AvgIpc) is 2.24. The molecule has 1 aromatic rings. The summed E-state index contributed by atoms with van der Waals surface area (Å²) < 4.78 is 13.2. The van der Waals surface area contributed by atoms with E-state index in [0.29, 0.717) is 12.5 Å². The summed E-state index contributed by atoms with van der Waals surface area (Å²) in [6, 6.07) is 4.91. The molecule has 0 aromatic heterocycles. The molecule has 0 aliphatic rings. The van der Waals surface area contributed by atoms with Gasteiger partial charge < -0.3 is 5.32 Å². The molecular formula is C14H21ClFN. The monoisotopic (exact) mass is 257 g/mol. The Morgan fingerprint density at radius 1 is 1.35 bits per heavy atom. The number of hydrogen-bond acceptors (Lipinski definition) is 1. The maximum Gasteiger partial charge on any atom is 0.142 e. The van der Waals surface area contributed by atoms with E-state index in [-0.39, 0.29) is 16.3 Å². The van der Waals surface area contributed by atoms with Crippen molar-refractivity contribution in [2.45, 2.75) is 34.2 Å². The Bertz CT molecular complexity index is 374. The van der Waals surface area contributed by atoms with Crippen molar-refractivity contribution in [2.75, 3.05) is 6.54 Å². The lowest BCUT2D eigenvalue weighted by Crippen LogP contribution is -2.33. The van der Waals surface area contributed by atoms with Crippen molar-refractivity contribution in [3.05, 3.63) is 34.6 Å². The van der Waals surface area contributed by atoms with Crippen LogP contribution in [-0.2, 0) is 6.54 Å². The van der Waals surface area contributed by atoms with E-state index in [1.54, 1.807) is 6.07 Å². The Morgan fingerprint density at radius 2 is 2.00 bits per heavy atom. The molecule has 1 nitrogen and oxygen atoms in total. The summed E-state index contributed by atoms with van der Waals surface area (Å²) in [6.07, 6.45) is 0. The Kier molecular flexibility index (Phi) is 4.96. The topological polar surface area (TPSA) is 12.0 Å². The van der Waals surface area contributed by atoms with Gasteiger partial charge in [0.15, 0.2) is 0 Å². The zero-order valence-electron chi connectivity index (χ0n) is 11.0. The van der Waals surface area contributed by atoms with Gasteiger partial charge in [-0.3, -0.25) is 0 Å². The van der Waals surface area contributed by atoms with Crippen LogP contribution in [0.25, 0.3) is 0 Å². The van der Waals surface area contributed by atoms with Crippen molar-refractivity contribution >= 4 is 11.6 Å². The molecule has 0 aliphatic carbocycles. The molecule has 0 spiro atoms. The van der Waals surface area contributed by atoms with Gasteiger partial charge in [0.1, 0.15) is 5.82 Å². The molecule has 3 heteroatoms. The summed E-state index contributed by atoms with van der Waals surface area (Å²) in [6.45, 7) is 10.3. The first-order chi connectivity index (χ1) is 7.84. The van der Waals surface area contributed by atoms with Gasteiger partial charge >= 0.3 is 0 Å². The summed E-state index contributed by atoms with van der Waals surface area (Å²) >= 11 is 5.89. The normalized spacial score (nSPS) is 12.2. The van der Waals surface area contributed by atoms with Crippen molar-refractivity contribution in [3.8, 4) is 0 Å².